The molecule has 0 fully saturated rings. The molecule has 4 heteroatoms. The number of hydrogen-bond acceptors (Lipinski definition) is 2. The molecule has 0 bridgehead atoms. The third kappa shape index (κ3) is 4.42. The standard InChI is InChI=1S/C21H19Cl2NO/c22-19-11-9-18(10-12-19)21(25,17-6-2-1-3-7-17)15-24-14-16-5-4-8-20(23)13-16/h1-13,24-25H,14-15H2/t21-/m1/s1. The minimum Gasteiger partial charge on any atom is -0.379 e. The van der Waals surface area contributed by atoms with Crippen molar-refractivity contribution in [2.45, 2.75) is 12.1 Å². The minimum atomic E-state index is -1.15. The van der Waals surface area contributed by atoms with Gasteiger partial charge in [-0.25, -0.2) is 0 Å². The van der Waals surface area contributed by atoms with Gasteiger partial charge in [-0.2, -0.15) is 0 Å². The molecule has 0 aliphatic carbocycles. The smallest absolute Gasteiger partial charge is 0.127 e. The highest BCUT2D eigenvalue weighted by molar-refractivity contribution is 6.30. The summed E-state index contributed by atoms with van der Waals surface area (Å²) in [7, 11) is 0. The van der Waals surface area contributed by atoms with Crippen molar-refractivity contribution < 1.29 is 5.11 Å². The number of hydrogen-bond donors (Lipinski definition) is 2. The third-order valence-corrected chi connectivity index (χ3v) is 4.66. The molecule has 0 aliphatic rings. The van der Waals surface area contributed by atoms with Crippen LogP contribution in [0.25, 0.3) is 0 Å². The molecule has 0 saturated carbocycles. The molecule has 3 aromatic carbocycles. The summed E-state index contributed by atoms with van der Waals surface area (Å²) >= 11 is 12.0. The van der Waals surface area contributed by atoms with Gasteiger partial charge < -0.3 is 10.4 Å². The van der Waals surface area contributed by atoms with Crippen LogP contribution in [-0.4, -0.2) is 11.7 Å². The van der Waals surface area contributed by atoms with Crippen molar-refractivity contribution in [2.75, 3.05) is 6.54 Å². The van der Waals surface area contributed by atoms with Crippen molar-refractivity contribution >= 4 is 23.2 Å². The van der Waals surface area contributed by atoms with Crippen LogP contribution in [0.2, 0.25) is 10.0 Å². The normalized spacial score (nSPS) is 13.4. The van der Waals surface area contributed by atoms with Gasteiger partial charge in [-0.3, -0.25) is 0 Å². The fourth-order valence-electron chi connectivity index (χ4n) is 2.84. The Balaban J connectivity index is 1.83. The van der Waals surface area contributed by atoms with Crippen molar-refractivity contribution in [3.63, 3.8) is 0 Å². The van der Waals surface area contributed by atoms with Crippen molar-refractivity contribution in [1.82, 2.24) is 5.32 Å². The lowest BCUT2D eigenvalue weighted by atomic mass is 9.86. The van der Waals surface area contributed by atoms with Crippen LogP contribution in [0.1, 0.15) is 16.7 Å². The first kappa shape index (κ1) is 18.0. The van der Waals surface area contributed by atoms with Crippen LogP contribution in [0.4, 0.5) is 0 Å². The van der Waals surface area contributed by atoms with Gasteiger partial charge in [0.25, 0.3) is 0 Å². The van der Waals surface area contributed by atoms with Crippen LogP contribution in [0, 0.1) is 0 Å². The maximum atomic E-state index is 11.4. The van der Waals surface area contributed by atoms with Gasteiger partial charge in [-0.05, 0) is 41.0 Å². The Morgan fingerprint density at radius 1 is 0.760 bits per heavy atom. The number of benzene rings is 3. The molecule has 3 aromatic rings. The molecule has 0 aliphatic heterocycles. The van der Waals surface area contributed by atoms with E-state index in [0.717, 1.165) is 16.7 Å². The van der Waals surface area contributed by atoms with Gasteiger partial charge in [0.1, 0.15) is 5.60 Å². The summed E-state index contributed by atoms with van der Waals surface area (Å²) in [5.74, 6) is 0. The third-order valence-electron chi connectivity index (χ3n) is 4.17. The first-order chi connectivity index (χ1) is 12.1. The van der Waals surface area contributed by atoms with Gasteiger partial charge in [-0.1, -0.05) is 77.8 Å². The average Bonchev–Trinajstić information content (AvgIpc) is 2.63. The molecule has 0 spiro atoms. The first-order valence-electron chi connectivity index (χ1n) is 8.07. The summed E-state index contributed by atoms with van der Waals surface area (Å²) in [5, 5.41) is 16.1. The van der Waals surface area contributed by atoms with E-state index in [9.17, 15) is 5.11 Å². The second kappa shape index (κ2) is 8.03. The van der Waals surface area contributed by atoms with E-state index in [2.05, 4.69) is 5.32 Å². The molecular weight excluding hydrogens is 353 g/mol. The zero-order chi connectivity index (χ0) is 17.7. The Kier molecular flexibility index (Phi) is 5.77. The van der Waals surface area contributed by atoms with Crippen LogP contribution in [0.15, 0.2) is 78.9 Å². The molecule has 1 atom stereocenters. The first-order valence-corrected chi connectivity index (χ1v) is 8.83. The highest BCUT2D eigenvalue weighted by atomic mass is 35.5. The van der Waals surface area contributed by atoms with Crippen LogP contribution >= 0.6 is 23.2 Å². The average molecular weight is 372 g/mol. The second-order valence-corrected chi connectivity index (χ2v) is 6.84. The minimum absolute atomic E-state index is 0.366. The van der Waals surface area contributed by atoms with E-state index in [4.69, 9.17) is 23.2 Å². The summed E-state index contributed by atoms with van der Waals surface area (Å²) in [6.07, 6.45) is 0. The van der Waals surface area contributed by atoms with E-state index >= 15 is 0 Å². The SMILES string of the molecule is O[C@](CNCc1cccc(Cl)c1)(c1ccccc1)c1ccc(Cl)cc1. The summed E-state index contributed by atoms with van der Waals surface area (Å²) in [6.45, 7) is 0.981. The zero-order valence-corrected chi connectivity index (χ0v) is 15.1. The number of rotatable bonds is 6. The Morgan fingerprint density at radius 2 is 1.44 bits per heavy atom. The van der Waals surface area contributed by atoms with E-state index in [1.165, 1.54) is 0 Å². The van der Waals surface area contributed by atoms with Crippen LogP contribution in [0.3, 0.4) is 0 Å². The molecule has 0 aromatic heterocycles. The molecule has 128 valence electrons. The second-order valence-electron chi connectivity index (χ2n) is 5.97. The maximum absolute atomic E-state index is 11.4. The number of nitrogens with one attached hydrogen (secondary N) is 1. The predicted molar refractivity (Wildman–Crippen MR) is 104 cm³/mol. The van der Waals surface area contributed by atoms with E-state index in [-0.39, 0.29) is 0 Å². The number of aliphatic hydroxyl groups is 1. The fraction of sp³-hybridized carbons (Fsp3) is 0.143. The van der Waals surface area contributed by atoms with Crippen molar-refractivity contribution in [2.24, 2.45) is 0 Å². The maximum Gasteiger partial charge on any atom is 0.127 e. The highest BCUT2D eigenvalue weighted by Crippen LogP contribution is 2.30. The van der Waals surface area contributed by atoms with Gasteiger partial charge in [0, 0.05) is 23.1 Å². The lowest BCUT2D eigenvalue weighted by molar-refractivity contribution is 0.0796. The van der Waals surface area contributed by atoms with Gasteiger partial charge in [0.15, 0.2) is 0 Å². The molecule has 25 heavy (non-hydrogen) atoms. The van der Waals surface area contributed by atoms with E-state index in [1.54, 1.807) is 12.1 Å². The largest absolute Gasteiger partial charge is 0.379 e. The van der Waals surface area contributed by atoms with Crippen LogP contribution in [-0.2, 0) is 12.1 Å². The van der Waals surface area contributed by atoms with Gasteiger partial charge in [0.2, 0.25) is 0 Å². The van der Waals surface area contributed by atoms with E-state index < -0.39 is 5.60 Å². The lowest BCUT2D eigenvalue weighted by Gasteiger charge is -2.30. The fourth-order valence-corrected chi connectivity index (χ4v) is 3.18. The van der Waals surface area contributed by atoms with Crippen LogP contribution < -0.4 is 5.32 Å². The summed E-state index contributed by atoms with van der Waals surface area (Å²) in [6, 6.07) is 24.6. The van der Waals surface area contributed by atoms with Crippen molar-refractivity contribution in [3.05, 3.63) is 106 Å². The highest BCUT2D eigenvalue weighted by Gasteiger charge is 2.31. The molecule has 3 rings (SSSR count). The molecule has 0 unspecified atom stereocenters. The lowest BCUT2D eigenvalue weighted by Crippen LogP contribution is -2.39. The van der Waals surface area contributed by atoms with Gasteiger partial charge >= 0.3 is 0 Å². The predicted octanol–water partition coefficient (Wildman–Crippen LogP) is 5.02. The Hall–Kier alpha value is -1.84. The summed E-state index contributed by atoms with van der Waals surface area (Å²) in [5.41, 5.74) is 1.54. The summed E-state index contributed by atoms with van der Waals surface area (Å²) in [4.78, 5) is 0. The van der Waals surface area contributed by atoms with Crippen molar-refractivity contribution in [1.29, 1.82) is 0 Å². The van der Waals surface area contributed by atoms with Crippen LogP contribution in [0.5, 0.6) is 0 Å². The number of halogens is 2. The molecule has 0 amide bonds. The van der Waals surface area contributed by atoms with E-state index in [1.807, 2.05) is 66.7 Å². The van der Waals surface area contributed by atoms with Gasteiger partial charge in [0.05, 0.1) is 0 Å². The van der Waals surface area contributed by atoms with E-state index in [0.29, 0.717) is 23.1 Å². The zero-order valence-electron chi connectivity index (χ0n) is 13.6. The van der Waals surface area contributed by atoms with Crippen molar-refractivity contribution in [3.8, 4) is 0 Å². The Labute approximate surface area is 158 Å². The summed E-state index contributed by atoms with van der Waals surface area (Å²) < 4.78 is 0. The quantitative estimate of drug-likeness (QED) is 0.637. The molecular formula is C21H19Cl2NO. The Morgan fingerprint density at radius 3 is 2.12 bits per heavy atom. The molecule has 2 N–H and O–H groups in total. The molecule has 0 radical (unpaired) electrons. The monoisotopic (exact) mass is 371 g/mol. The van der Waals surface area contributed by atoms with Gasteiger partial charge in [-0.15, -0.1) is 0 Å². The molecule has 0 heterocycles. The topological polar surface area (TPSA) is 32.3 Å². The Bertz CT molecular complexity index is 821. The molecule has 2 nitrogen and oxygen atoms in total. The molecule has 0 saturated heterocycles.